The standard InChI is InChI=1S/C20H17O2P/c1-14-8-10-17-18-11-9-15(2)13-20(18)23(22-19(17)12-14)21-16-6-4-3-5-7-16/h3-13H,1-2H3. The molecule has 3 aromatic rings. The Morgan fingerprint density at radius 1 is 0.783 bits per heavy atom. The molecule has 0 saturated carbocycles. The topological polar surface area (TPSA) is 18.5 Å². The fourth-order valence-corrected chi connectivity index (χ4v) is 4.31. The van der Waals surface area contributed by atoms with Crippen LogP contribution in [0.3, 0.4) is 0 Å². The zero-order valence-electron chi connectivity index (χ0n) is 13.1. The molecule has 1 unspecified atom stereocenters. The van der Waals surface area contributed by atoms with Crippen LogP contribution in [-0.2, 0) is 0 Å². The third kappa shape index (κ3) is 2.71. The van der Waals surface area contributed by atoms with Gasteiger partial charge in [-0.2, -0.15) is 0 Å². The highest BCUT2D eigenvalue weighted by Gasteiger charge is 2.29. The molecule has 0 amide bonds. The van der Waals surface area contributed by atoms with E-state index in [-0.39, 0.29) is 0 Å². The number of hydrogen-bond acceptors (Lipinski definition) is 2. The average molecular weight is 320 g/mol. The van der Waals surface area contributed by atoms with Crippen LogP contribution >= 0.6 is 8.38 Å². The second kappa shape index (κ2) is 5.72. The monoisotopic (exact) mass is 320 g/mol. The van der Waals surface area contributed by atoms with Crippen LogP contribution in [0.25, 0.3) is 11.1 Å². The van der Waals surface area contributed by atoms with Crippen molar-refractivity contribution in [3.63, 3.8) is 0 Å². The van der Waals surface area contributed by atoms with Crippen molar-refractivity contribution in [2.45, 2.75) is 13.8 Å². The Balaban J connectivity index is 1.81. The summed E-state index contributed by atoms with van der Waals surface area (Å²) < 4.78 is 12.4. The number of hydrogen-bond donors (Lipinski definition) is 0. The Hall–Kier alpha value is -2.31. The maximum absolute atomic E-state index is 6.24. The highest BCUT2D eigenvalue weighted by Crippen LogP contribution is 2.49. The lowest BCUT2D eigenvalue weighted by Crippen LogP contribution is -2.17. The lowest BCUT2D eigenvalue weighted by Gasteiger charge is -2.27. The fraction of sp³-hybridized carbons (Fsp3) is 0.100. The van der Waals surface area contributed by atoms with Crippen molar-refractivity contribution < 1.29 is 9.05 Å². The Bertz CT molecular complexity index is 859. The van der Waals surface area contributed by atoms with Crippen molar-refractivity contribution >= 4 is 13.7 Å². The molecule has 0 spiro atoms. The predicted octanol–water partition coefficient (Wildman–Crippen LogP) is 5.38. The van der Waals surface area contributed by atoms with E-state index in [0.29, 0.717) is 0 Å². The summed E-state index contributed by atoms with van der Waals surface area (Å²) in [6.45, 7) is 4.18. The van der Waals surface area contributed by atoms with Gasteiger partial charge in [-0.3, -0.25) is 0 Å². The van der Waals surface area contributed by atoms with Crippen molar-refractivity contribution in [3.05, 3.63) is 77.9 Å². The summed E-state index contributed by atoms with van der Waals surface area (Å²) >= 11 is 0. The normalized spacial score (nSPS) is 15.3. The SMILES string of the molecule is Cc1ccc2c(c1)OP(Oc1ccccc1)c1cc(C)ccc1-2. The minimum absolute atomic E-state index is 0.835. The van der Waals surface area contributed by atoms with E-state index in [0.717, 1.165) is 22.4 Å². The number of benzene rings is 3. The van der Waals surface area contributed by atoms with E-state index in [9.17, 15) is 0 Å². The summed E-state index contributed by atoms with van der Waals surface area (Å²) in [7, 11) is -1.18. The summed E-state index contributed by atoms with van der Waals surface area (Å²) in [6.07, 6.45) is 0. The maximum atomic E-state index is 6.24. The minimum atomic E-state index is -1.18. The minimum Gasteiger partial charge on any atom is -0.435 e. The largest absolute Gasteiger partial charge is 0.435 e. The number of fused-ring (bicyclic) bond motifs is 3. The van der Waals surface area contributed by atoms with Gasteiger partial charge in [0, 0.05) is 5.56 Å². The Morgan fingerprint density at radius 3 is 2.26 bits per heavy atom. The lowest BCUT2D eigenvalue weighted by atomic mass is 10.0. The van der Waals surface area contributed by atoms with Crippen LogP contribution in [-0.4, -0.2) is 0 Å². The summed E-state index contributed by atoms with van der Waals surface area (Å²) in [4.78, 5) is 0. The second-order valence-corrected chi connectivity index (χ2v) is 7.13. The van der Waals surface area contributed by atoms with Gasteiger partial charge in [0.05, 0.1) is 5.30 Å². The van der Waals surface area contributed by atoms with Crippen molar-refractivity contribution in [2.75, 3.05) is 0 Å². The molecule has 0 bridgehead atoms. The van der Waals surface area contributed by atoms with Gasteiger partial charge in [0.25, 0.3) is 0 Å². The first kappa shape index (κ1) is 14.3. The molecule has 114 valence electrons. The van der Waals surface area contributed by atoms with Gasteiger partial charge in [-0.05, 0) is 49.2 Å². The molecular formula is C20H17O2P. The highest BCUT2D eigenvalue weighted by atomic mass is 31.2. The van der Waals surface area contributed by atoms with Gasteiger partial charge >= 0.3 is 8.38 Å². The number of para-hydroxylation sites is 1. The Kier molecular flexibility index (Phi) is 3.55. The van der Waals surface area contributed by atoms with E-state index in [1.165, 1.54) is 16.7 Å². The molecule has 3 heteroatoms. The average Bonchev–Trinajstić information content (AvgIpc) is 2.56. The van der Waals surface area contributed by atoms with Gasteiger partial charge in [-0.15, -0.1) is 0 Å². The van der Waals surface area contributed by atoms with Crippen LogP contribution in [0, 0.1) is 13.8 Å². The zero-order chi connectivity index (χ0) is 15.8. The summed E-state index contributed by atoms with van der Waals surface area (Å²) in [6, 6.07) is 22.7. The zero-order valence-corrected chi connectivity index (χ0v) is 14.0. The molecule has 0 aliphatic carbocycles. The molecule has 4 rings (SSSR count). The van der Waals surface area contributed by atoms with Gasteiger partial charge in [-0.25, -0.2) is 0 Å². The van der Waals surface area contributed by atoms with Crippen LogP contribution in [0.1, 0.15) is 11.1 Å². The third-order valence-electron chi connectivity index (χ3n) is 3.89. The Labute approximate surface area is 137 Å². The number of rotatable bonds is 2. The van der Waals surface area contributed by atoms with Crippen molar-refractivity contribution in [2.24, 2.45) is 0 Å². The molecule has 23 heavy (non-hydrogen) atoms. The predicted molar refractivity (Wildman–Crippen MR) is 95.6 cm³/mol. The van der Waals surface area contributed by atoms with Crippen molar-refractivity contribution in [1.29, 1.82) is 0 Å². The lowest BCUT2D eigenvalue weighted by molar-refractivity contribution is 0.500. The molecule has 0 N–H and O–H groups in total. The summed E-state index contributed by atoms with van der Waals surface area (Å²) in [5.74, 6) is 1.74. The van der Waals surface area contributed by atoms with Crippen molar-refractivity contribution in [1.82, 2.24) is 0 Å². The van der Waals surface area contributed by atoms with Gasteiger partial charge in [0.1, 0.15) is 11.5 Å². The smallest absolute Gasteiger partial charge is 0.326 e. The first-order valence-corrected chi connectivity index (χ1v) is 8.81. The molecule has 3 aromatic carbocycles. The highest BCUT2D eigenvalue weighted by molar-refractivity contribution is 7.57. The van der Waals surface area contributed by atoms with Crippen molar-refractivity contribution in [3.8, 4) is 22.6 Å². The molecule has 2 nitrogen and oxygen atoms in total. The van der Waals surface area contributed by atoms with E-state index in [1.54, 1.807) is 0 Å². The summed E-state index contributed by atoms with van der Waals surface area (Å²) in [5.41, 5.74) is 4.75. The van der Waals surface area contributed by atoms with E-state index in [4.69, 9.17) is 9.05 Å². The second-order valence-electron chi connectivity index (χ2n) is 5.77. The quantitative estimate of drug-likeness (QED) is 0.590. The Morgan fingerprint density at radius 2 is 1.48 bits per heavy atom. The van der Waals surface area contributed by atoms with E-state index >= 15 is 0 Å². The molecule has 1 aliphatic heterocycles. The molecule has 0 fully saturated rings. The third-order valence-corrected chi connectivity index (χ3v) is 5.39. The van der Waals surface area contributed by atoms with Crippen LogP contribution in [0.15, 0.2) is 66.7 Å². The fourth-order valence-electron chi connectivity index (χ4n) is 2.73. The van der Waals surface area contributed by atoms with E-state index < -0.39 is 8.38 Å². The van der Waals surface area contributed by atoms with Crippen LogP contribution in [0.5, 0.6) is 11.5 Å². The van der Waals surface area contributed by atoms with Crippen LogP contribution in [0.4, 0.5) is 0 Å². The maximum Gasteiger partial charge on any atom is 0.326 e. The van der Waals surface area contributed by atoms with Crippen LogP contribution in [0.2, 0.25) is 0 Å². The van der Waals surface area contributed by atoms with Gasteiger partial charge in [0.15, 0.2) is 0 Å². The molecule has 0 radical (unpaired) electrons. The van der Waals surface area contributed by atoms with Crippen LogP contribution < -0.4 is 14.4 Å². The van der Waals surface area contributed by atoms with Gasteiger partial charge in [0.2, 0.25) is 0 Å². The number of aryl methyl sites for hydroxylation is 2. The molecule has 0 saturated heterocycles. The van der Waals surface area contributed by atoms with E-state index in [1.807, 2.05) is 30.3 Å². The summed E-state index contributed by atoms with van der Waals surface area (Å²) in [5, 5.41) is 1.14. The first-order chi connectivity index (χ1) is 11.2. The molecule has 1 heterocycles. The van der Waals surface area contributed by atoms with Gasteiger partial charge < -0.3 is 9.05 Å². The van der Waals surface area contributed by atoms with E-state index in [2.05, 4.69) is 50.2 Å². The molecule has 1 aliphatic rings. The molecule has 0 aromatic heterocycles. The first-order valence-electron chi connectivity index (χ1n) is 7.63. The molecule has 1 atom stereocenters. The van der Waals surface area contributed by atoms with Gasteiger partial charge in [-0.1, -0.05) is 48.0 Å². The molecular weight excluding hydrogens is 303 g/mol.